The summed E-state index contributed by atoms with van der Waals surface area (Å²) >= 11 is 6.33. The smallest absolute Gasteiger partial charge is 0.411 e. The molecule has 40 heavy (non-hydrogen) atoms. The number of carboxylic acid groups (broad SMARTS) is 1. The van der Waals surface area contributed by atoms with Crippen molar-refractivity contribution in [3.63, 3.8) is 0 Å². The number of nitrogens with one attached hydrogen (secondary N) is 3. The average molecular weight is 567 g/mol. The summed E-state index contributed by atoms with van der Waals surface area (Å²) in [6.07, 6.45) is 4.09. The van der Waals surface area contributed by atoms with Crippen LogP contribution in [-0.4, -0.2) is 57.1 Å². The molecule has 0 unspecified atom stereocenters. The zero-order chi connectivity index (χ0) is 28.4. The zero-order valence-electron chi connectivity index (χ0n) is 21.4. The van der Waals surface area contributed by atoms with Gasteiger partial charge in [-0.1, -0.05) is 11.6 Å². The number of aromatic nitrogens is 4. The highest BCUT2D eigenvalue weighted by Gasteiger charge is 2.23. The molecule has 0 atom stereocenters. The molecule has 1 aliphatic rings. The van der Waals surface area contributed by atoms with Gasteiger partial charge in [0.2, 0.25) is 5.95 Å². The first kappa shape index (κ1) is 26.7. The van der Waals surface area contributed by atoms with Gasteiger partial charge in [0.25, 0.3) is 5.91 Å². The summed E-state index contributed by atoms with van der Waals surface area (Å²) in [5.74, 6) is -0.654. The van der Waals surface area contributed by atoms with Crippen molar-refractivity contribution in [1.29, 1.82) is 0 Å². The van der Waals surface area contributed by atoms with Crippen LogP contribution in [0.3, 0.4) is 0 Å². The van der Waals surface area contributed by atoms with E-state index in [9.17, 15) is 14.7 Å². The van der Waals surface area contributed by atoms with Crippen molar-refractivity contribution in [2.75, 3.05) is 35.7 Å². The Morgan fingerprint density at radius 3 is 2.70 bits per heavy atom. The number of aryl methyl sites for hydroxylation is 1. The van der Waals surface area contributed by atoms with Gasteiger partial charge in [-0.15, -0.1) is 0 Å². The number of ether oxygens (including phenoxy) is 1. The Balaban J connectivity index is 1.45. The number of carbonyl (C=O) groups is 2. The van der Waals surface area contributed by atoms with Crippen LogP contribution in [0, 0.1) is 5.82 Å². The molecule has 0 radical (unpaired) electrons. The molecule has 0 aliphatic carbocycles. The summed E-state index contributed by atoms with van der Waals surface area (Å²) in [6.45, 7) is 0.687. The van der Waals surface area contributed by atoms with Gasteiger partial charge in [-0.2, -0.15) is 10.1 Å². The highest BCUT2D eigenvalue weighted by atomic mass is 35.5. The highest BCUT2D eigenvalue weighted by molar-refractivity contribution is 6.33. The van der Waals surface area contributed by atoms with Gasteiger partial charge in [-0.3, -0.25) is 14.4 Å². The number of halogens is 2. The van der Waals surface area contributed by atoms with Gasteiger partial charge in [0.05, 0.1) is 35.9 Å². The van der Waals surface area contributed by atoms with E-state index >= 15 is 4.39 Å². The molecular weight excluding hydrogens is 543 g/mol. The van der Waals surface area contributed by atoms with Crippen LogP contribution in [0.5, 0.6) is 5.75 Å². The third kappa shape index (κ3) is 5.45. The highest BCUT2D eigenvalue weighted by Crippen LogP contribution is 2.35. The summed E-state index contributed by atoms with van der Waals surface area (Å²) in [5.41, 5.74) is 1.99. The molecule has 4 aromatic rings. The molecule has 3 heterocycles. The van der Waals surface area contributed by atoms with E-state index < -0.39 is 17.8 Å². The number of hydrogen-bond acceptors (Lipinski definition) is 8. The molecule has 1 aliphatic heterocycles. The van der Waals surface area contributed by atoms with Crippen molar-refractivity contribution in [1.82, 2.24) is 25.1 Å². The predicted molar refractivity (Wildman–Crippen MR) is 148 cm³/mol. The van der Waals surface area contributed by atoms with Crippen LogP contribution in [0.4, 0.5) is 38.0 Å². The lowest BCUT2D eigenvalue weighted by Crippen LogP contribution is -2.29. The Bertz CT molecular complexity index is 1610. The number of anilines is 5. The molecule has 4 N–H and O–H groups in total. The topological polar surface area (TPSA) is 147 Å². The van der Waals surface area contributed by atoms with Crippen molar-refractivity contribution >= 4 is 52.4 Å². The largest absolute Gasteiger partial charge is 0.491 e. The van der Waals surface area contributed by atoms with E-state index in [1.807, 2.05) is 0 Å². The maximum Gasteiger partial charge on any atom is 0.411 e. The fraction of sp³-hybridized carbons (Fsp3) is 0.192. The Kier molecular flexibility index (Phi) is 7.38. The normalized spacial score (nSPS) is 12.7. The SMILES string of the molecule is CNC(=O)c1cc(-c2cnn(C)c2)cc(F)c1Nc1nc(Nc2ccc3c(c2)OCCCN3C(=O)O)ncc1Cl. The molecule has 0 saturated heterocycles. The average Bonchev–Trinajstić information content (AvgIpc) is 3.25. The molecule has 0 saturated carbocycles. The number of benzene rings is 2. The standard InChI is InChI=1S/C26H24ClFN8O4/c1-29-24(37)17-8-14(15-11-31-35(2)13-15)9-19(28)22(17)33-23-18(27)12-30-25(34-23)32-16-4-5-20-21(10-16)40-7-3-6-36(20)26(38)39/h4-5,8-13H,3,6-7H2,1-2H3,(H,29,37)(H,38,39)(H2,30,32,33,34). The molecule has 12 nitrogen and oxygen atoms in total. The summed E-state index contributed by atoms with van der Waals surface area (Å²) in [5, 5.41) is 22.1. The minimum absolute atomic E-state index is 0.0384. The van der Waals surface area contributed by atoms with E-state index in [1.165, 1.54) is 24.2 Å². The lowest BCUT2D eigenvalue weighted by molar-refractivity contribution is 0.0963. The second-order valence-electron chi connectivity index (χ2n) is 8.82. The first-order valence-electron chi connectivity index (χ1n) is 12.1. The van der Waals surface area contributed by atoms with Crippen molar-refractivity contribution in [3.05, 3.63) is 65.3 Å². The molecule has 0 fully saturated rings. The molecule has 5 rings (SSSR count). The number of carbonyl (C=O) groups excluding carboxylic acids is 1. The van der Waals surface area contributed by atoms with Crippen molar-refractivity contribution in [3.8, 4) is 16.9 Å². The quantitative estimate of drug-likeness (QED) is 0.259. The number of fused-ring (bicyclic) bond motifs is 1. The second-order valence-corrected chi connectivity index (χ2v) is 9.23. The van der Waals surface area contributed by atoms with Crippen molar-refractivity contribution in [2.24, 2.45) is 7.05 Å². The van der Waals surface area contributed by atoms with Crippen LogP contribution >= 0.6 is 11.6 Å². The van der Waals surface area contributed by atoms with Crippen LogP contribution in [0.2, 0.25) is 5.02 Å². The van der Waals surface area contributed by atoms with Crippen molar-refractivity contribution < 1.29 is 23.8 Å². The molecule has 206 valence electrons. The van der Waals surface area contributed by atoms with E-state index in [-0.39, 0.29) is 28.0 Å². The number of amides is 2. The minimum atomic E-state index is -1.07. The fourth-order valence-corrected chi connectivity index (χ4v) is 4.34. The number of nitrogens with zero attached hydrogens (tertiary/aromatic N) is 5. The molecule has 2 aromatic heterocycles. The van der Waals surface area contributed by atoms with E-state index in [4.69, 9.17) is 16.3 Å². The van der Waals surface area contributed by atoms with Gasteiger partial charge in [0.1, 0.15) is 16.6 Å². The third-order valence-electron chi connectivity index (χ3n) is 6.11. The predicted octanol–water partition coefficient (Wildman–Crippen LogP) is 4.78. The third-order valence-corrected chi connectivity index (χ3v) is 6.39. The van der Waals surface area contributed by atoms with Crippen molar-refractivity contribution in [2.45, 2.75) is 6.42 Å². The van der Waals surface area contributed by atoms with Crippen LogP contribution in [0.25, 0.3) is 11.1 Å². The Morgan fingerprint density at radius 1 is 1.15 bits per heavy atom. The van der Waals surface area contributed by atoms with E-state index in [2.05, 4.69) is 31.0 Å². The van der Waals surface area contributed by atoms with Gasteiger partial charge in [-0.05, 0) is 36.2 Å². The minimum Gasteiger partial charge on any atom is -0.491 e. The van der Waals surface area contributed by atoms with Crippen LogP contribution < -0.4 is 25.6 Å². The summed E-state index contributed by atoms with van der Waals surface area (Å²) < 4.78 is 22.7. The van der Waals surface area contributed by atoms with E-state index in [1.54, 1.807) is 48.4 Å². The fourth-order valence-electron chi connectivity index (χ4n) is 4.20. The maximum atomic E-state index is 15.4. The molecule has 2 amide bonds. The lowest BCUT2D eigenvalue weighted by atomic mass is 10.0. The van der Waals surface area contributed by atoms with Crippen LogP contribution in [0.1, 0.15) is 16.8 Å². The Hall–Kier alpha value is -4.91. The second kappa shape index (κ2) is 11.1. The maximum absolute atomic E-state index is 15.4. The van der Waals surface area contributed by atoms with Crippen LogP contribution in [0.15, 0.2) is 48.9 Å². The monoisotopic (exact) mass is 566 g/mol. The van der Waals surface area contributed by atoms with Gasteiger partial charge < -0.3 is 25.8 Å². The number of hydrogen-bond donors (Lipinski definition) is 4. The van der Waals surface area contributed by atoms with Gasteiger partial charge in [-0.25, -0.2) is 14.2 Å². The first-order chi connectivity index (χ1) is 19.2. The summed E-state index contributed by atoms with van der Waals surface area (Å²) in [7, 11) is 3.18. The summed E-state index contributed by atoms with van der Waals surface area (Å²) in [4.78, 5) is 34.1. The van der Waals surface area contributed by atoms with Gasteiger partial charge >= 0.3 is 6.09 Å². The van der Waals surface area contributed by atoms with Crippen LogP contribution in [-0.2, 0) is 7.05 Å². The van der Waals surface area contributed by atoms with E-state index in [0.717, 1.165) is 0 Å². The first-order valence-corrected chi connectivity index (χ1v) is 12.5. The molecule has 2 aromatic carbocycles. The van der Waals surface area contributed by atoms with Gasteiger partial charge in [0, 0.05) is 44.2 Å². The lowest BCUT2D eigenvalue weighted by Gasteiger charge is -2.19. The Labute approximate surface area is 232 Å². The Morgan fingerprint density at radius 2 is 1.98 bits per heavy atom. The zero-order valence-corrected chi connectivity index (χ0v) is 22.2. The summed E-state index contributed by atoms with van der Waals surface area (Å²) in [6, 6.07) is 7.76. The molecular formula is C26H24ClFN8O4. The molecule has 0 spiro atoms. The molecule has 14 heteroatoms. The number of rotatable bonds is 6. The van der Waals surface area contributed by atoms with Gasteiger partial charge in [0.15, 0.2) is 5.82 Å². The molecule has 0 bridgehead atoms. The van der Waals surface area contributed by atoms with E-state index in [0.29, 0.717) is 47.8 Å².